The zero-order valence-corrected chi connectivity index (χ0v) is 18.2. The number of hydrogen-bond acceptors (Lipinski definition) is 4. The van der Waals surface area contributed by atoms with Gasteiger partial charge in [-0.25, -0.2) is 4.79 Å². The van der Waals surface area contributed by atoms with E-state index in [0.29, 0.717) is 5.82 Å². The molecule has 7 heteroatoms. The predicted octanol–water partition coefficient (Wildman–Crippen LogP) is 3.53. The minimum atomic E-state index is -1.06. The Labute approximate surface area is 192 Å². The van der Waals surface area contributed by atoms with Crippen molar-refractivity contribution >= 4 is 12.0 Å². The van der Waals surface area contributed by atoms with Crippen molar-refractivity contribution in [2.75, 3.05) is 20.2 Å². The van der Waals surface area contributed by atoms with Crippen molar-refractivity contribution in [2.45, 2.75) is 5.54 Å². The van der Waals surface area contributed by atoms with Gasteiger partial charge in [0.1, 0.15) is 23.7 Å². The summed E-state index contributed by atoms with van der Waals surface area (Å²) < 4.78 is 5.36. The monoisotopic (exact) mass is 443 g/mol. The van der Waals surface area contributed by atoms with Crippen LogP contribution in [0.2, 0.25) is 0 Å². The van der Waals surface area contributed by atoms with Crippen molar-refractivity contribution in [1.82, 2.24) is 15.5 Å². The number of ether oxygens (including phenoxy) is 1. The third kappa shape index (κ3) is 4.52. The lowest BCUT2D eigenvalue weighted by atomic mass is 9.77. The SMILES string of the molecule is COc1ccc(C(NC2=CCN(CC(=O)O)C(=O)N2)(c2ccccc2)c2ccccc2)cc1. The van der Waals surface area contributed by atoms with Gasteiger partial charge in [0.2, 0.25) is 0 Å². The first-order valence-corrected chi connectivity index (χ1v) is 10.5. The molecular weight excluding hydrogens is 418 g/mol. The molecule has 0 fully saturated rings. The molecule has 3 N–H and O–H groups in total. The van der Waals surface area contributed by atoms with E-state index >= 15 is 0 Å². The predicted molar refractivity (Wildman–Crippen MR) is 125 cm³/mol. The van der Waals surface area contributed by atoms with Gasteiger partial charge in [0, 0.05) is 6.54 Å². The van der Waals surface area contributed by atoms with Crippen molar-refractivity contribution in [1.29, 1.82) is 0 Å². The standard InChI is InChI=1S/C26H25N3O4/c1-33-22-14-12-21(13-15-22)26(19-8-4-2-5-9-19,20-10-6-3-7-11-20)28-23-16-17-29(18-24(30)31)25(32)27-23/h2-16,28H,17-18H2,1H3,(H,27,32)(H,30,31). The van der Waals surface area contributed by atoms with E-state index in [1.807, 2.05) is 84.9 Å². The van der Waals surface area contributed by atoms with Crippen LogP contribution < -0.4 is 15.4 Å². The summed E-state index contributed by atoms with van der Waals surface area (Å²) in [6.45, 7) is -0.181. The van der Waals surface area contributed by atoms with Crippen LogP contribution in [0.3, 0.4) is 0 Å². The molecule has 3 aromatic carbocycles. The zero-order chi connectivity index (χ0) is 23.3. The average molecular weight is 444 g/mol. The van der Waals surface area contributed by atoms with Crippen LogP contribution >= 0.6 is 0 Å². The molecule has 168 valence electrons. The number of nitrogens with zero attached hydrogens (tertiary/aromatic N) is 1. The molecule has 33 heavy (non-hydrogen) atoms. The number of nitrogens with one attached hydrogen (secondary N) is 2. The minimum absolute atomic E-state index is 0.183. The van der Waals surface area contributed by atoms with Gasteiger partial charge in [-0.3, -0.25) is 10.1 Å². The van der Waals surface area contributed by atoms with Crippen LogP contribution in [-0.2, 0) is 10.3 Å². The summed E-state index contributed by atoms with van der Waals surface area (Å²) in [6, 6.07) is 27.3. The zero-order valence-electron chi connectivity index (χ0n) is 18.2. The topological polar surface area (TPSA) is 90.9 Å². The molecule has 0 saturated carbocycles. The fourth-order valence-electron chi connectivity index (χ4n) is 4.05. The smallest absolute Gasteiger partial charge is 0.323 e. The van der Waals surface area contributed by atoms with E-state index in [1.165, 1.54) is 4.90 Å². The van der Waals surface area contributed by atoms with E-state index < -0.39 is 17.5 Å². The maximum absolute atomic E-state index is 12.6. The normalized spacial score (nSPS) is 13.7. The van der Waals surface area contributed by atoms with Gasteiger partial charge in [0.25, 0.3) is 0 Å². The highest BCUT2D eigenvalue weighted by Crippen LogP contribution is 2.38. The van der Waals surface area contributed by atoms with Crippen LogP contribution in [0.4, 0.5) is 4.79 Å². The Bertz CT molecular complexity index is 1110. The number of methoxy groups -OCH3 is 1. The van der Waals surface area contributed by atoms with Crippen molar-refractivity contribution < 1.29 is 19.4 Å². The van der Waals surface area contributed by atoms with Crippen molar-refractivity contribution in [3.05, 3.63) is 114 Å². The number of carbonyl (C=O) groups excluding carboxylic acids is 1. The van der Waals surface area contributed by atoms with Crippen LogP contribution in [0.1, 0.15) is 16.7 Å². The van der Waals surface area contributed by atoms with Crippen LogP contribution in [0.25, 0.3) is 0 Å². The third-order valence-electron chi connectivity index (χ3n) is 5.63. The molecule has 1 heterocycles. The van der Waals surface area contributed by atoms with Gasteiger partial charge < -0.3 is 20.1 Å². The van der Waals surface area contributed by atoms with Gasteiger partial charge in [-0.2, -0.15) is 0 Å². The van der Waals surface area contributed by atoms with E-state index in [2.05, 4.69) is 10.6 Å². The highest BCUT2D eigenvalue weighted by molar-refractivity contribution is 5.82. The molecule has 0 atom stereocenters. The van der Waals surface area contributed by atoms with Gasteiger partial charge in [-0.1, -0.05) is 72.8 Å². The number of rotatable bonds is 8. The molecule has 4 rings (SSSR count). The first kappa shape index (κ1) is 22.0. The van der Waals surface area contributed by atoms with Crippen LogP contribution in [0, 0.1) is 0 Å². The Balaban J connectivity index is 1.84. The van der Waals surface area contributed by atoms with E-state index in [-0.39, 0.29) is 13.1 Å². The Kier molecular flexibility index (Phi) is 6.31. The number of carboxylic acids is 1. The second-order valence-electron chi connectivity index (χ2n) is 7.66. The number of amides is 2. The molecule has 0 radical (unpaired) electrons. The first-order valence-electron chi connectivity index (χ1n) is 10.5. The first-order chi connectivity index (χ1) is 16.0. The number of benzene rings is 3. The number of carboxylic acid groups (broad SMARTS) is 1. The number of carbonyl (C=O) groups is 2. The molecular formula is C26H25N3O4. The average Bonchev–Trinajstić information content (AvgIpc) is 2.85. The third-order valence-corrected chi connectivity index (χ3v) is 5.63. The Morgan fingerprint density at radius 1 is 0.970 bits per heavy atom. The largest absolute Gasteiger partial charge is 0.497 e. The van der Waals surface area contributed by atoms with Crippen molar-refractivity contribution in [3.8, 4) is 5.75 Å². The van der Waals surface area contributed by atoms with Crippen LogP contribution in [-0.4, -0.2) is 42.2 Å². The molecule has 0 aliphatic carbocycles. The van der Waals surface area contributed by atoms with Gasteiger partial charge in [-0.05, 0) is 34.9 Å². The van der Waals surface area contributed by atoms with E-state index in [0.717, 1.165) is 22.4 Å². The molecule has 3 aromatic rings. The van der Waals surface area contributed by atoms with Crippen LogP contribution in [0.15, 0.2) is 96.8 Å². The molecule has 0 spiro atoms. The Morgan fingerprint density at radius 2 is 1.52 bits per heavy atom. The summed E-state index contributed by atoms with van der Waals surface area (Å²) in [5, 5.41) is 15.4. The molecule has 7 nitrogen and oxygen atoms in total. The summed E-state index contributed by atoms with van der Waals surface area (Å²) in [5.74, 6) is 0.185. The lowest BCUT2D eigenvalue weighted by Gasteiger charge is -2.40. The second kappa shape index (κ2) is 9.48. The molecule has 0 bridgehead atoms. The van der Waals surface area contributed by atoms with E-state index in [4.69, 9.17) is 9.84 Å². The molecule has 0 aromatic heterocycles. The lowest BCUT2D eigenvalue weighted by molar-refractivity contribution is -0.137. The summed E-state index contributed by atoms with van der Waals surface area (Å²) in [4.78, 5) is 24.9. The van der Waals surface area contributed by atoms with E-state index in [9.17, 15) is 9.59 Å². The highest BCUT2D eigenvalue weighted by atomic mass is 16.5. The number of hydrogen-bond donors (Lipinski definition) is 3. The van der Waals surface area contributed by atoms with Gasteiger partial charge >= 0.3 is 12.0 Å². The molecule has 1 aliphatic rings. The molecule has 0 unspecified atom stereocenters. The quantitative estimate of drug-likeness (QED) is 0.464. The maximum atomic E-state index is 12.6. The lowest BCUT2D eigenvalue weighted by Crippen LogP contribution is -2.53. The van der Waals surface area contributed by atoms with E-state index in [1.54, 1.807) is 13.2 Å². The number of aliphatic carboxylic acids is 1. The van der Waals surface area contributed by atoms with Gasteiger partial charge in [0.15, 0.2) is 0 Å². The summed E-state index contributed by atoms with van der Waals surface area (Å²) >= 11 is 0. The number of urea groups is 1. The minimum Gasteiger partial charge on any atom is -0.497 e. The molecule has 2 amide bonds. The Hall–Kier alpha value is -4.26. The Morgan fingerprint density at radius 3 is 2.00 bits per heavy atom. The van der Waals surface area contributed by atoms with Crippen molar-refractivity contribution in [3.63, 3.8) is 0 Å². The highest BCUT2D eigenvalue weighted by Gasteiger charge is 2.38. The maximum Gasteiger partial charge on any atom is 0.323 e. The van der Waals surface area contributed by atoms with Crippen molar-refractivity contribution in [2.24, 2.45) is 0 Å². The van der Waals surface area contributed by atoms with Crippen LogP contribution in [0.5, 0.6) is 5.75 Å². The molecule has 0 saturated heterocycles. The van der Waals surface area contributed by atoms with Gasteiger partial charge in [-0.15, -0.1) is 0 Å². The van der Waals surface area contributed by atoms with Gasteiger partial charge in [0.05, 0.1) is 7.11 Å². The summed E-state index contributed by atoms with van der Waals surface area (Å²) in [5.41, 5.74) is 2.07. The fraction of sp³-hybridized carbons (Fsp3) is 0.154. The second-order valence-corrected chi connectivity index (χ2v) is 7.66. The summed E-state index contributed by atoms with van der Waals surface area (Å²) in [7, 11) is 1.63. The molecule has 1 aliphatic heterocycles. The summed E-state index contributed by atoms with van der Waals surface area (Å²) in [6.07, 6.45) is 1.79. The fourth-order valence-corrected chi connectivity index (χ4v) is 4.05.